The zero-order chi connectivity index (χ0) is 12.1. The van der Waals surface area contributed by atoms with Gasteiger partial charge in [-0.3, -0.25) is 10.1 Å². The molecule has 1 saturated heterocycles. The van der Waals surface area contributed by atoms with Crippen LogP contribution in [0, 0.1) is 0 Å². The van der Waals surface area contributed by atoms with E-state index >= 15 is 0 Å². The van der Waals surface area contributed by atoms with Crippen LogP contribution < -0.4 is 11.1 Å². The number of nitrogens with one attached hydrogen (secondary N) is 1. The molecule has 0 spiro atoms. The zero-order valence-corrected chi connectivity index (χ0v) is 10.6. The first kappa shape index (κ1) is 12.5. The van der Waals surface area contributed by atoms with Gasteiger partial charge in [-0.2, -0.15) is 11.8 Å². The molecule has 1 aromatic carbocycles. The Kier molecular flexibility index (Phi) is 4.45. The number of rotatable bonds is 4. The van der Waals surface area contributed by atoms with Gasteiger partial charge in [0, 0.05) is 11.8 Å². The number of carbonyl (C=O) groups is 1. The van der Waals surface area contributed by atoms with Crippen molar-refractivity contribution >= 4 is 17.7 Å². The summed E-state index contributed by atoms with van der Waals surface area (Å²) < 4.78 is 0. The molecule has 4 heteroatoms. The Labute approximate surface area is 106 Å². The number of amides is 1. The molecule has 2 atom stereocenters. The summed E-state index contributed by atoms with van der Waals surface area (Å²) in [5.41, 5.74) is 6.43. The maximum atomic E-state index is 11.5. The molecule has 3 nitrogen and oxygen atoms in total. The van der Waals surface area contributed by atoms with E-state index in [0.29, 0.717) is 6.04 Å². The van der Waals surface area contributed by atoms with E-state index in [9.17, 15) is 4.79 Å². The van der Waals surface area contributed by atoms with Crippen molar-refractivity contribution in [3.8, 4) is 0 Å². The molecular formula is C13H18N2OS. The first-order chi connectivity index (χ1) is 8.27. The van der Waals surface area contributed by atoms with Crippen molar-refractivity contribution in [1.82, 2.24) is 5.32 Å². The van der Waals surface area contributed by atoms with E-state index in [1.807, 2.05) is 42.1 Å². The number of hydrogen-bond acceptors (Lipinski definition) is 3. The topological polar surface area (TPSA) is 55.1 Å². The van der Waals surface area contributed by atoms with Crippen LogP contribution in [0.25, 0.3) is 0 Å². The number of thioether (sulfide) groups is 1. The first-order valence-electron chi connectivity index (χ1n) is 5.95. The number of nitrogens with two attached hydrogens (primary N) is 1. The number of benzene rings is 1. The highest BCUT2D eigenvalue weighted by molar-refractivity contribution is 7.99. The van der Waals surface area contributed by atoms with Crippen molar-refractivity contribution in [3.05, 3.63) is 35.9 Å². The molecular weight excluding hydrogens is 232 g/mol. The minimum absolute atomic E-state index is 0.299. The Morgan fingerprint density at radius 3 is 2.76 bits per heavy atom. The summed E-state index contributed by atoms with van der Waals surface area (Å²) in [6.07, 6.45) is 2.34. The van der Waals surface area contributed by atoms with Gasteiger partial charge >= 0.3 is 0 Å². The van der Waals surface area contributed by atoms with Gasteiger partial charge in [0.2, 0.25) is 5.91 Å². The molecule has 17 heavy (non-hydrogen) atoms. The fraction of sp³-hybridized carbons (Fsp3) is 0.462. The third kappa shape index (κ3) is 3.48. The molecule has 92 valence electrons. The molecule has 0 aromatic heterocycles. The van der Waals surface area contributed by atoms with Gasteiger partial charge < -0.3 is 5.73 Å². The van der Waals surface area contributed by atoms with E-state index in [1.165, 1.54) is 12.2 Å². The van der Waals surface area contributed by atoms with Crippen LogP contribution in [0.2, 0.25) is 0 Å². The predicted molar refractivity (Wildman–Crippen MR) is 71.9 cm³/mol. The lowest BCUT2D eigenvalue weighted by atomic mass is 10.0. The minimum atomic E-state index is -0.361. The van der Waals surface area contributed by atoms with Gasteiger partial charge in [0.15, 0.2) is 0 Å². The fourth-order valence-corrected chi connectivity index (χ4v) is 3.18. The summed E-state index contributed by atoms with van der Waals surface area (Å²) >= 11 is 1.94. The third-order valence-corrected chi connectivity index (χ3v) is 4.20. The molecule has 1 amide bonds. The average Bonchev–Trinajstić information content (AvgIpc) is 2.38. The van der Waals surface area contributed by atoms with E-state index in [2.05, 4.69) is 5.32 Å². The van der Waals surface area contributed by atoms with Crippen LogP contribution >= 0.6 is 11.8 Å². The average molecular weight is 250 g/mol. The summed E-state index contributed by atoms with van der Waals surface area (Å²) in [5.74, 6) is 1.99. The monoisotopic (exact) mass is 250 g/mol. The summed E-state index contributed by atoms with van der Waals surface area (Å²) in [5, 5.41) is 3.38. The largest absolute Gasteiger partial charge is 0.368 e. The lowest BCUT2D eigenvalue weighted by molar-refractivity contribution is -0.120. The molecule has 1 aliphatic heterocycles. The SMILES string of the molecule is NC(=O)[C@@H](N[C@H]1CCCSC1)c1ccccc1. The van der Waals surface area contributed by atoms with Crippen LogP contribution in [-0.2, 0) is 4.79 Å². The van der Waals surface area contributed by atoms with Crippen LogP contribution in [0.4, 0.5) is 0 Å². The van der Waals surface area contributed by atoms with Gasteiger partial charge in [-0.25, -0.2) is 0 Å². The maximum absolute atomic E-state index is 11.5. The van der Waals surface area contributed by atoms with E-state index in [4.69, 9.17) is 5.73 Å². The van der Waals surface area contributed by atoms with Gasteiger partial charge in [-0.15, -0.1) is 0 Å². The van der Waals surface area contributed by atoms with E-state index in [0.717, 1.165) is 17.7 Å². The Morgan fingerprint density at radius 2 is 2.18 bits per heavy atom. The smallest absolute Gasteiger partial charge is 0.239 e. The second kappa shape index (κ2) is 6.07. The van der Waals surface area contributed by atoms with Gasteiger partial charge in [0.25, 0.3) is 0 Å². The molecule has 0 unspecified atom stereocenters. The number of carbonyl (C=O) groups excluding carboxylic acids is 1. The second-order valence-corrected chi connectivity index (χ2v) is 5.48. The van der Waals surface area contributed by atoms with Gasteiger partial charge in [0.05, 0.1) is 0 Å². The quantitative estimate of drug-likeness (QED) is 0.855. The summed E-state index contributed by atoms with van der Waals surface area (Å²) in [6.45, 7) is 0. The Balaban J connectivity index is 2.05. The van der Waals surface area contributed by atoms with Crippen LogP contribution in [0.5, 0.6) is 0 Å². The van der Waals surface area contributed by atoms with Crippen LogP contribution in [-0.4, -0.2) is 23.5 Å². The number of hydrogen-bond donors (Lipinski definition) is 2. The van der Waals surface area contributed by atoms with E-state index in [1.54, 1.807) is 0 Å². The van der Waals surface area contributed by atoms with Gasteiger partial charge in [-0.05, 0) is 24.2 Å². The molecule has 0 aliphatic carbocycles. The van der Waals surface area contributed by atoms with Crippen LogP contribution in [0.15, 0.2) is 30.3 Å². The van der Waals surface area contributed by atoms with Crippen LogP contribution in [0.1, 0.15) is 24.4 Å². The third-order valence-electron chi connectivity index (χ3n) is 2.98. The van der Waals surface area contributed by atoms with Gasteiger partial charge in [0.1, 0.15) is 6.04 Å². The van der Waals surface area contributed by atoms with Crippen molar-refractivity contribution in [3.63, 3.8) is 0 Å². The Morgan fingerprint density at radius 1 is 1.41 bits per heavy atom. The van der Waals surface area contributed by atoms with Crippen molar-refractivity contribution in [2.24, 2.45) is 5.73 Å². The van der Waals surface area contributed by atoms with E-state index < -0.39 is 0 Å². The molecule has 2 rings (SSSR count). The van der Waals surface area contributed by atoms with Crippen molar-refractivity contribution < 1.29 is 4.79 Å². The Hall–Kier alpha value is -1.00. The normalized spacial score (nSPS) is 22.0. The minimum Gasteiger partial charge on any atom is -0.368 e. The van der Waals surface area contributed by atoms with Crippen molar-refractivity contribution in [1.29, 1.82) is 0 Å². The molecule has 1 aromatic rings. The van der Waals surface area contributed by atoms with Crippen LogP contribution in [0.3, 0.4) is 0 Å². The zero-order valence-electron chi connectivity index (χ0n) is 9.76. The highest BCUT2D eigenvalue weighted by atomic mass is 32.2. The molecule has 1 heterocycles. The second-order valence-electron chi connectivity index (χ2n) is 4.33. The standard InChI is InChI=1S/C13H18N2OS/c14-13(16)12(10-5-2-1-3-6-10)15-11-7-4-8-17-9-11/h1-3,5-6,11-12,15H,4,7-9H2,(H2,14,16)/t11-,12-/m0/s1. The maximum Gasteiger partial charge on any atom is 0.239 e. The molecule has 0 radical (unpaired) electrons. The lowest BCUT2D eigenvalue weighted by Gasteiger charge is -2.26. The molecule has 1 fully saturated rings. The predicted octanol–water partition coefficient (Wildman–Crippen LogP) is 1.70. The van der Waals surface area contributed by atoms with Gasteiger partial charge in [-0.1, -0.05) is 30.3 Å². The molecule has 0 saturated carbocycles. The lowest BCUT2D eigenvalue weighted by Crippen LogP contribution is -2.42. The highest BCUT2D eigenvalue weighted by Gasteiger charge is 2.22. The van der Waals surface area contributed by atoms with Crippen molar-refractivity contribution in [2.45, 2.75) is 24.9 Å². The molecule has 0 bridgehead atoms. The summed E-state index contributed by atoms with van der Waals surface area (Å²) in [7, 11) is 0. The Bertz CT molecular complexity index is 363. The highest BCUT2D eigenvalue weighted by Crippen LogP contribution is 2.20. The molecule has 3 N–H and O–H groups in total. The fourth-order valence-electron chi connectivity index (χ4n) is 2.10. The van der Waals surface area contributed by atoms with E-state index in [-0.39, 0.29) is 11.9 Å². The summed E-state index contributed by atoms with van der Waals surface area (Å²) in [6, 6.07) is 9.73. The first-order valence-corrected chi connectivity index (χ1v) is 7.11. The summed E-state index contributed by atoms with van der Waals surface area (Å²) in [4.78, 5) is 11.5. The van der Waals surface area contributed by atoms with Crippen molar-refractivity contribution in [2.75, 3.05) is 11.5 Å². The molecule has 1 aliphatic rings. The number of primary amides is 1.